The second-order valence-corrected chi connectivity index (χ2v) is 7.16. The van der Waals surface area contributed by atoms with Crippen LogP contribution in [0.25, 0.3) is 0 Å². The molecule has 0 aliphatic carbocycles. The molecule has 1 N–H and O–H groups in total. The van der Waals surface area contributed by atoms with Crippen LogP contribution in [0.4, 0.5) is 0 Å². The molecule has 1 aromatic rings. The molecule has 0 fully saturated rings. The molecule has 0 radical (unpaired) electrons. The summed E-state index contributed by atoms with van der Waals surface area (Å²) in [6, 6.07) is 4.40. The van der Waals surface area contributed by atoms with Crippen molar-refractivity contribution in [3.63, 3.8) is 0 Å². The summed E-state index contributed by atoms with van der Waals surface area (Å²) in [4.78, 5) is 6.61. The van der Waals surface area contributed by atoms with Crippen LogP contribution in [0.2, 0.25) is 4.13 Å². The molecule has 0 saturated carbocycles. The summed E-state index contributed by atoms with van der Waals surface area (Å²) in [6.07, 6.45) is 6.87. The van der Waals surface area contributed by atoms with Crippen molar-refractivity contribution >= 4 is 12.8 Å². The van der Waals surface area contributed by atoms with Crippen LogP contribution in [0.5, 0.6) is 0 Å². The maximum atomic E-state index is 4.42. The van der Waals surface area contributed by atoms with E-state index in [2.05, 4.69) is 60.6 Å². The van der Waals surface area contributed by atoms with Crippen molar-refractivity contribution in [1.82, 2.24) is 14.6 Å². The van der Waals surface area contributed by atoms with Gasteiger partial charge in [0.05, 0.1) is 11.7 Å². The van der Waals surface area contributed by atoms with E-state index in [9.17, 15) is 0 Å². The summed E-state index contributed by atoms with van der Waals surface area (Å²) >= 11 is 6.06. The number of nitrogens with zero attached hydrogens (tertiary/aromatic N) is 2. The first-order chi connectivity index (χ1) is 11.0. The van der Waals surface area contributed by atoms with E-state index in [-0.39, 0.29) is 6.04 Å². The fourth-order valence-electron chi connectivity index (χ4n) is 1.71. The first kappa shape index (κ1) is 25.5. The third-order valence-electron chi connectivity index (χ3n) is 3.03. The molecule has 0 saturated heterocycles. The third kappa shape index (κ3) is 15.6. The second-order valence-electron chi connectivity index (χ2n) is 5.43. The number of unbranched alkanes of at least 4 members (excludes halogenated alkanes) is 1. The van der Waals surface area contributed by atoms with Gasteiger partial charge in [0.25, 0.3) is 0 Å². The number of hydrogen-bond acceptors (Lipinski definition) is 4. The van der Waals surface area contributed by atoms with E-state index in [1.54, 1.807) is 0 Å². The van der Waals surface area contributed by atoms with Gasteiger partial charge in [-0.2, -0.15) is 0 Å². The van der Waals surface area contributed by atoms with Gasteiger partial charge in [0.1, 0.15) is 0 Å². The molecule has 23 heavy (non-hydrogen) atoms. The Labute approximate surface area is 165 Å². The average Bonchev–Trinajstić information content (AvgIpc) is 2.56. The summed E-state index contributed by atoms with van der Waals surface area (Å²) < 4.78 is 4.42. The molecule has 0 aliphatic rings. The van der Waals surface area contributed by atoms with Crippen molar-refractivity contribution in [1.29, 1.82) is 0 Å². The first-order valence-corrected chi connectivity index (χ1v) is 11.1. The quantitative estimate of drug-likeness (QED) is 0.459. The van der Waals surface area contributed by atoms with Crippen LogP contribution in [0.1, 0.15) is 63.8 Å². The number of thiol groups is 1. The van der Waals surface area contributed by atoms with Crippen LogP contribution < -0.4 is 4.72 Å². The first-order valence-electron chi connectivity index (χ1n) is 8.58. The molecule has 1 rings (SSSR count). The zero-order chi connectivity index (χ0) is 18.1. The van der Waals surface area contributed by atoms with Gasteiger partial charge < -0.3 is 4.90 Å². The molecule has 136 valence electrons. The molecule has 0 aromatic carbocycles. The number of nitrogens with one attached hydrogen (secondary N) is 1. The van der Waals surface area contributed by atoms with E-state index in [1.165, 1.54) is 22.5 Å². The Morgan fingerprint density at radius 1 is 1.26 bits per heavy atom. The topological polar surface area (TPSA) is 28.2 Å². The Morgan fingerprint density at radius 3 is 2.26 bits per heavy atom. The van der Waals surface area contributed by atoms with E-state index in [0.29, 0.717) is 0 Å². The minimum absolute atomic E-state index is 0.240. The zero-order valence-electron chi connectivity index (χ0n) is 15.8. The molecule has 0 amide bonds. The normalized spacial score (nSPS) is 11.2. The predicted molar refractivity (Wildman–Crippen MR) is 103 cm³/mol. The van der Waals surface area contributed by atoms with Crippen molar-refractivity contribution < 1.29 is 24.7 Å². The van der Waals surface area contributed by atoms with Crippen LogP contribution in [-0.2, 0) is 0 Å². The van der Waals surface area contributed by atoms with Gasteiger partial charge in [0.15, 0.2) is 0 Å². The van der Waals surface area contributed by atoms with Crippen molar-refractivity contribution in [2.45, 2.75) is 63.5 Å². The van der Waals surface area contributed by atoms with Crippen LogP contribution in [0, 0.1) is 31.6 Å². The molecule has 0 spiro atoms. The van der Waals surface area contributed by atoms with Gasteiger partial charge in [0.2, 0.25) is 0 Å². The second kappa shape index (κ2) is 18.6. The fourth-order valence-corrected chi connectivity index (χ4v) is 3.01. The van der Waals surface area contributed by atoms with Crippen LogP contribution in [0.15, 0.2) is 18.3 Å². The van der Waals surface area contributed by atoms with Gasteiger partial charge in [0, 0.05) is 6.20 Å². The molecule has 1 unspecified atom stereocenters. The maximum absolute atomic E-state index is 4.42. The molecular weight excluding hydrogens is 500 g/mol. The third-order valence-corrected chi connectivity index (χ3v) is 4.38. The molecule has 0 bridgehead atoms. The predicted octanol–water partition coefficient (Wildman–Crippen LogP) is 4.99. The van der Waals surface area contributed by atoms with Crippen molar-refractivity contribution in [3.8, 4) is 0 Å². The Bertz CT molecular complexity index is 343. The Kier molecular flexibility index (Phi) is 20.7. The van der Waals surface area contributed by atoms with Crippen LogP contribution >= 0.6 is 12.8 Å². The Hall–Kier alpha value is 0.303. The summed E-state index contributed by atoms with van der Waals surface area (Å²) in [7, 11) is 4.18. The number of aryl methyl sites for hydroxylation is 1. The maximum Gasteiger partial charge on any atom is 0.0591 e. The standard InChI is InChI=1S/C12H21N3S.C4H9At.C2H6/c1-10-6-7-11(13-9-10)12(14-16)5-4-8-15(2)3;1-2-3-4-5;1-2/h6-7,9,12,14,16H,4-5,8H2,1-3H3;2-4H2,1H3;1-2H3. The van der Waals surface area contributed by atoms with Gasteiger partial charge in [-0.3, -0.25) is 9.71 Å². The molecule has 1 heterocycles. The van der Waals surface area contributed by atoms with E-state index >= 15 is 0 Å². The van der Waals surface area contributed by atoms with Gasteiger partial charge in [-0.25, -0.2) is 0 Å². The van der Waals surface area contributed by atoms with Crippen LogP contribution in [0.3, 0.4) is 0 Å². The summed E-state index contributed by atoms with van der Waals surface area (Å²) in [6.45, 7) is 9.36. The fraction of sp³-hybridized carbons (Fsp3) is 0.722. The van der Waals surface area contributed by atoms with E-state index in [0.717, 1.165) is 25.1 Å². The Morgan fingerprint density at radius 2 is 1.91 bits per heavy atom. The number of pyridine rings is 1. The smallest absolute Gasteiger partial charge is 0.0591 e. The molecule has 0 aliphatic heterocycles. The molecule has 3 nitrogen and oxygen atoms in total. The molecule has 5 heteroatoms. The largest absolute Gasteiger partial charge is 0.309 e. The van der Waals surface area contributed by atoms with E-state index in [4.69, 9.17) is 0 Å². The van der Waals surface area contributed by atoms with Crippen molar-refractivity contribution in [2.24, 2.45) is 0 Å². The summed E-state index contributed by atoms with van der Waals surface area (Å²) in [5, 5.41) is 0. The van der Waals surface area contributed by atoms with Gasteiger partial charge in [-0.05, 0) is 52.0 Å². The van der Waals surface area contributed by atoms with Crippen molar-refractivity contribution in [3.05, 3.63) is 29.6 Å². The van der Waals surface area contributed by atoms with Gasteiger partial charge >= 0.3 is 48.6 Å². The minimum Gasteiger partial charge on any atom is -0.309 e. The minimum atomic E-state index is 0.240. The zero-order valence-corrected chi connectivity index (χ0v) is 19.6. The SMILES string of the molecule is CC.CCCC[At].Cc1ccc(C(CCCN(C)C)NS)nc1. The van der Waals surface area contributed by atoms with E-state index < -0.39 is 0 Å². The van der Waals surface area contributed by atoms with Gasteiger partial charge in [-0.15, -0.1) is 0 Å². The van der Waals surface area contributed by atoms with Crippen LogP contribution in [-0.4, -0.2) is 30.5 Å². The number of rotatable bonds is 8. The summed E-state index contributed by atoms with van der Waals surface area (Å²) in [5.41, 5.74) is 2.26. The van der Waals surface area contributed by atoms with Gasteiger partial charge in [-0.1, -0.05) is 32.7 Å². The monoisotopic (exact) mass is 536 g/mol. The number of aromatic nitrogens is 1. The van der Waals surface area contributed by atoms with E-state index in [1.807, 2.05) is 51.7 Å². The summed E-state index contributed by atoms with van der Waals surface area (Å²) in [5.74, 6) is 0. The van der Waals surface area contributed by atoms with Crippen molar-refractivity contribution in [2.75, 3.05) is 20.6 Å². The Balaban J connectivity index is 0. The number of hydrogen-bond donors (Lipinski definition) is 2. The molecule has 1 aromatic heterocycles. The molecule has 1 atom stereocenters. The molecular formula is C18H36AtN3S. The average molecular weight is 537 g/mol.